The molecule has 2 aliphatic rings. The summed E-state index contributed by atoms with van der Waals surface area (Å²) in [6, 6.07) is 0.919. The topological polar surface area (TPSA) is 94.5 Å². The number of hydrogen-bond acceptors (Lipinski definition) is 4. The Bertz CT molecular complexity index is 967. The van der Waals surface area contributed by atoms with Gasteiger partial charge in [0.1, 0.15) is 18.0 Å². The van der Waals surface area contributed by atoms with Gasteiger partial charge in [0, 0.05) is 6.20 Å². The molecule has 1 aliphatic heterocycles. The van der Waals surface area contributed by atoms with E-state index < -0.39 is 22.8 Å². The highest BCUT2D eigenvalue weighted by molar-refractivity contribution is 5.95. The first-order chi connectivity index (χ1) is 11.3. The molecule has 6 nitrogen and oxygen atoms in total. The maximum Gasteiger partial charge on any atom is 0.341 e. The van der Waals surface area contributed by atoms with Gasteiger partial charge in [-0.3, -0.25) is 4.79 Å². The molecule has 0 saturated heterocycles. The van der Waals surface area contributed by atoms with Crippen molar-refractivity contribution in [3.63, 3.8) is 0 Å². The van der Waals surface area contributed by atoms with E-state index in [9.17, 15) is 19.1 Å². The average Bonchev–Trinajstić information content (AvgIpc) is 3.11. The minimum atomic E-state index is -1.33. The van der Waals surface area contributed by atoms with Crippen molar-refractivity contribution in [3.05, 3.63) is 39.4 Å². The third-order valence-electron chi connectivity index (χ3n) is 5.23. The number of halogens is 1. The van der Waals surface area contributed by atoms with Gasteiger partial charge >= 0.3 is 5.97 Å². The Balaban J connectivity index is 2.16. The molecule has 1 aliphatic carbocycles. The maximum absolute atomic E-state index is 14.8. The third-order valence-corrected chi connectivity index (χ3v) is 5.23. The number of nitrogens with two attached hydrogens (primary N) is 1. The Morgan fingerprint density at radius 1 is 1.50 bits per heavy atom. The molecule has 0 amide bonds. The van der Waals surface area contributed by atoms with Gasteiger partial charge in [-0.1, -0.05) is 6.92 Å². The van der Waals surface area contributed by atoms with Gasteiger partial charge < -0.3 is 20.1 Å². The highest BCUT2D eigenvalue weighted by Crippen LogP contribution is 2.54. The largest absolute Gasteiger partial charge is 0.489 e. The van der Waals surface area contributed by atoms with Crippen LogP contribution in [0.5, 0.6) is 5.75 Å². The number of carboxylic acid groups (broad SMARTS) is 1. The van der Waals surface area contributed by atoms with E-state index in [-0.39, 0.29) is 40.8 Å². The molecule has 3 atom stereocenters. The fraction of sp³-hybridized carbons (Fsp3) is 0.412. The fourth-order valence-electron chi connectivity index (χ4n) is 3.61. The minimum absolute atomic E-state index is 0.00889. The van der Waals surface area contributed by atoms with Crippen molar-refractivity contribution < 1.29 is 19.0 Å². The molecule has 1 aromatic heterocycles. The van der Waals surface area contributed by atoms with Crippen LogP contribution < -0.4 is 15.9 Å². The van der Waals surface area contributed by atoms with Gasteiger partial charge in [0.2, 0.25) is 5.43 Å². The standard InChI is InChI=1S/C17H17FN2O4/c1-7-4-17(7,19)12-11(18)3-9-13-15(12)24-6-8(2)20(13)5-10(14(9)21)16(22)23/h3,5,7-8H,4,6,19H2,1-2H3,(H,22,23)/t7?,8-,17?/m0/s1. The van der Waals surface area contributed by atoms with Crippen LogP contribution in [0.2, 0.25) is 0 Å². The van der Waals surface area contributed by atoms with Gasteiger partial charge in [-0.2, -0.15) is 0 Å². The minimum Gasteiger partial charge on any atom is -0.489 e. The van der Waals surface area contributed by atoms with E-state index in [1.54, 1.807) is 4.57 Å². The number of aromatic nitrogens is 1. The van der Waals surface area contributed by atoms with Crippen LogP contribution in [0.25, 0.3) is 10.9 Å². The fourth-order valence-corrected chi connectivity index (χ4v) is 3.61. The summed E-state index contributed by atoms with van der Waals surface area (Å²) in [6.45, 7) is 4.03. The molecule has 1 fully saturated rings. The summed E-state index contributed by atoms with van der Waals surface area (Å²) < 4.78 is 22.2. The van der Waals surface area contributed by atoms with Gasteiger partial charge in [-0.15, -0.1) is 0 Å². The maximum atomic E-state index is 14.8. The molecule has 2 unspecified atom stereocenters. The summed E-state index contributed by atoms with van der Waals surface area (Å²) in [7, 11) is 0. The molecule has 7 heteroatoms. The van der Waals surface area contributed by atoms with Crippen molar-refractivity contribution in [1.82, 2.24) is 4.57 Å². The van der Waals surface area contributed by atoms with E-state index in [0.29, 0.717) is 11.9 Å². The quantitative estimate of drug-likeness (QED) is 0.877. The number of aromatic carboxylic acids is 1. The Kier molecular flexibility index (Phi) is 2.88. The summed E-state index contributed by atoms with van der Waals surface area (Å²) in [4.78, 5) is 23.8. The molecule has 2 aromatic rings. The monoisotopic (exact) mass is 332 g/mol. The number of hydrogen-bond donors (Lipinski definition) is 2. The van der Waals surface area contributed by atoms with Crippen molar-refractivity contribution in [2.45, 2.75) is 31.8 Å². The molecule has 1 saturated carbocycles. The van der Waals surface area contributed by atoms with E-state index in [2.05, 4.69) is 0 Å². The second-order valence-corrected chi connectivity index (χ2v) is 6.85. The predicted molar refractivity (Wildman–Crippen MR) is 85.0 cm³/mol. The van der Waals surface area contributed by atoms with Crippen LogP contribution in [0.3, 0.4) is 0 Å². The average molecular weight is 332 g/mol. The lowest BCUT2D eigenvalue weighted by molar-refractivity contribution is 0.0694. The van der Waals surface area contributed by atoms with Gasteiger partial charge in [0.15, 0.2) is 5.75 Å². The highest BCUT2D eigenvalue weighted by atomic mass is 19.1. The van der Waals surface area contributed by atoms with E-state index in [4.69, 9.17) is 10.5 Å². The van der Waals surface area contributed by atoms with E-state index in [1.807, 2.05) is 13.8 Å². The number of carbonyl (C=O) groups is 1. The molecule has 2 heterocycles. The second kappa shape index (κ2) is 4.57. The molecule has 4 rings (SSSR count). The van der Waals surface area contributed by atoms with Gasteiger partial charge in [-0.05, 0) is 25.3 Å². The smallest absolute Gasteiger partial charge is 0.341 e. The Morgan fingerprint density at radius 3 is 2.75 bits per heavy atom. The molecule has 126 valence electrons. The number of carboxylic acids is 1. The van der Waals surface area contributed by atoms with Crippen LogP contribution in [0.15, 0.2) is 17.1 Å². The van der Waals surface area contributed by atoms with Crippen LogP contribution in [-0.2, 0) is 5.54 Å². The lowest BCUT2D eigenvalue weighted by atomic mass is 9.97. The number of benzene rings is 1. The Morgan fingerprint density at radius 2 is 2.17 bits per heavy atom. The third kappa shape index (κ3) is 1.78. The summed E-state index contributed by atoms with van der Waals surface area (Å²) in [5.74, 6) is -1.57. The number of nitrogens with zero attached hydrogens (tertiary/aromatic N) is 1. The first-order valence-electron chi connectivity index (χ1n) is 7.82. The number of rotatable bonds is 2. The molecule has 0 radical (unpaired) electrons. The lowest BCUT2D eigenvalue weighted by Crippen LogP contribution is -2.30. The van der Waals surface area contributed by atoms with Crippen molar-refractivity contribution >= 4 is 16.9 Å². The van der Waals surface area contributed by atoms with Crippen LogP contribution in [0.4, 0.5) is 4.39 Å². The zero-order valence-electron chi connectivity index (χ0n) is 13.3. The summed E-state index contributed by atoms with van der Waals surface area (Å²) >= 11 is 0. The van der Waals surface area contributed by atoms with Gasteiger partial charge in [-0.25, -0.2) is 9.18 Å². The van der Waals surface area contributed by atoms with E-state index in [0.717, 1.165) is 6.07 Å². The van der Waals surface area contributed by atoms with Crippen molar-refractivity contribution in [2.75, 3.05) is 6.61 Å². The number of ether oxygens (including phenoxy) is 1. The van der Waals surface area contributed by atoms with Crippen molar-refractivity contribution in [3.8, 4) is 5.75 Å². The summed E-state index contributed by atoms with van der Waals surface area (Å²) in [5.41, 5.74) is 5.11. The summed E-state index contributed by atoms with van der Waals surface area (Å²) in [5, 5.41) is 9.27. The van der Waals surface area contributed by atoms with Crippen molar-refractivity contribution in [1.29, 1.82) is 0 Å². The second-order valence-electron chi connectivity index (χ2n) is 6.85. The zero-order valence-corrected chi connectivity index (χ0v) is 13.3. The first-order valence-corrected chi connectivity index (χ1v) is 7.82. The molecular weight excluding hydrogens is 315 g/mol. The van der Waals surface area contributed by atoms with Gasteiger partial charge in [0.25, 0.3) is 0 Å². The number of pyridine rings is 1. The Labute approximate surface area is 136 Å². The van der Waals surface area contributed by atoms with Crippen LogP contribution >= 0.6 is 0 Å². The SMILES string of the molecule is CC1CC1(N)c1c(F)cc2c(=O)c(C(=O)O)cn3c2c1OC[C@@H]3C. The van der Waals surface area contributed by atoms with Crippen LogP contribution in [0.1, 0.15) is 42.2 Å². The molecule has 0 spiro atoms. The molecular formula is C17H17FN2O4. The van der Waals surface area contributed by atoms with E-state index >= 15 is 0 Å². The van der Waals surface area contributed by atoms with Gasteiger partial charge in [0.05, 0.1) is 28.0 Å². The van der Waals surface area contributed by atoms with Crippen LogP contribution in [-0.4, -0.2) is 22.2 Å². The zero-order chi connectivity index (χ0) is 17.4. The Hall–Kier alpha value is -2.41. The molecule has 1 aromatic carbocycles. The first kappa shape index (κ1) is 15.1. The van der Waals surface area contributed by atoms with Crippen LogP contribution in [0, 0.1) is 11.7 Å². The highest BCUT2D eigenvalue weighted by Gasteiger charge is 2.53. The summed E-state index contributed by atoms with van der Waals surface area (Å²) in [6.07, 6.45) is 1.95. The normalized spacial score (nSPS) is 27.8. The molecule has 3 N–H and O–H groups in total. The van der Waals surface area contributed by atoms with Crippen molar-refractivity contribution in [2.24, 2.45) is 11.7 Å². The predicted octanol–water partition coefficient (Wildman–Crippen LogP) is 1.99. The molecule has 0 bridgehead atoms. The molecule has 24 heavy (non-hydrogen) atoms. The van der Waals surface area contributed by atoms with E-state index in [1.165, 1.54) is 6.20 Å². The lowest BCUT2D eigenvalue weighted by Gasteiger charge is -2.30.